The number of aromatic nitrogens is 1. The normalized spacial score (nSPS) is 24.2. The molecular formula is C32H22ClN3O3. The molecule has 3 aliphatic heterocycles. The van der Waals surface area contributed by atoms with Gasteiger partial charge in [-0.25, -0.2) is 0 Å². The summed E-state index contributed by atoms with van der Waals surface area (Å²) in [5.41, 5.74) is 2.43. The molecule has 1 fully saturated rings. The Balaban J connectivity index is 1.54. The van der Waals surface area contributed by atoms with Crippen LogP contribution in [0.2, 0.25) is 5.02 Å². The molecule has 190 valence electrons. The van der Waals surface area contributed by atoms with E-state index in [4.69, 9.17) is 11.6 Å². The molecule has 7 rings (SSSR count). The Morgan fingerprint density at radius 3 is 2.41 bits per heavy atom. The highest BCUT2D eigenvalue weighted by atomic mass is 35.5. The van der Waals surface area contributed by atoms with Gasteiger partial charge in [0.05, 0.1) is 12.0 Å². The van der Waals surface area contributed by atoms with Crippen molar-refractivity contribution in [2.45, 2.75) is 17.5 Å². The number of benzene rings is 3. The lowest BCUT2D eigenvalue weighted by Crippen LogP contribution is -2.49. The van der Waals surface area contributed by atoms with E-state index in [1.807, 2.05) is 65.7 Å². The number of ketones is 2. The van der Waals surface area contributed by atoms with E-state index in [0.29, 0.717) is 21.8 Å². The maximum Gasteiger partial charge on any atom is 0.238 e. The molecule has 1 saturated heterocycles. The van der Waals surface area contributed by atoms with Crippen LogP contribution in [0, 0.1) is 5.92 Å². The summed E-state index contributed by atoms with van der Waals surface area (Å²) in [4.78, 5) is 49.6. The zero-order chi connectivity index (χ0) is 26.7. The molecule has 6 nitrogen and oxygen atoms in total. The number of nitrogens with one attached hydrogen (secondary N) is 1. The highest BCUT2D eigenvalue weighted by Crippen LogP contribution is 2.62. The van der Waals surface area contributed by atoms with Crippen LogP contribution in [0.5, 0.6) is 0 Å². The minimum absolute atomic E-state index is 0.213. The van der Waals surface area contributed by atoms with E-state index in [1.54, 1.807) is 48.7 Å². The van der Waals surface area contributed by atoms with Gasteiger partial charge < -0.3 is 10.2 Å². The number of fused-ring (bicyclic) bond motifs is 6. The maximum absolute atomic E-state index is 14.6. The smallest absolute Gasteiger partial charge is 0.238 e. The van der Waals surface area contributed by atoms with Gasteiger partial charge in [-0.1, -0.05) is 60.1 Å². The zero-order valence-electron chi connectivity index (χ0n) is 20.6. The van der Waals surface area contributed by atoms with E-state index in [9.17, 15) is 14.4 Å². The average Bonchev–Trinajstić information content (AvgIpc) is 3.45. The zero-order valence-corrected chi connectivity index (χ0v) is 21.4. The third-order valence-corrected chi connectivity index (χ3v) is 8.42. The lowest BCUT2D eigenvalue weighted by Gasteiger charge is -2.38. The number of amides is 1. The highest BCUT2D eigenvalue weighted by molar-refractivity contribution is 6.30. The molecule has 1 N–H and O–H groups in total. The molecule has 3 aromatic carbocycles. The molecule has 0 radical (unpaired) electrons. The summed E-state index contributed by atoms with van der Waals surface area (Å²) in [5, 5.41) is 3.55. The van der Waals surface area contributed by atoms with Crippen LogP contribution in [-0.4, -0.2) is 33.4 Å². The summed E-state index contributed by atoms with van der Waals surface area (Å²) in [6.07, 6.45) is 5.34. The number of pyridine rings is 1. The van der Waals surface area contributed by atoms with Crippen molar-refractivity contribution >= 4 is 40.8 Å². The van der Waals surface area contributed by atoms with Gasteiger partial charge in [0, 0.05) is 28.7 Å². The fraction of sp³-hybridized carbons (Fsp3) is 0.125. The number of halogens is 1. The van der Waals surface area contributed by atoms with Crippen LogP contribution >= 0.6 is 11.6 Å². The van der Waals surface area contributed by atoms with Crippen LogP contribution < -0.4 is 5.32 Å². The Labute approximate surface area is 229 Å². The van der Waals surface area contributed by atoms with Gasteiger partial charge in [0.15, 0.2) is 11.6 Å². The van der Waals surface area contributed by atoms with Crippen molar-refractivity contribution in [3.63, 3.8) is 0 Å². The molecule has 4 unspecified atom stereocenters. The fourth-order valence-corrected chi connectivity index (χ4v) is 6.75. The molecule has 4 heterocycles. The van der Waals surface area contributed by atoms with E-state index in [-0.39, 0.29) is 23.2 Å². The first-order valence-corrected chi connectivity index (χ1v) is 13.1. The number of Topliss-reactive ketones (excluding diaryl/α,β-unsaturated/α-hetero) is 2. The lowest BCUT2D eigenvalue weighted by molar-refractivity contribution is -0.122. The summed E-state index contributed by atoms with van der Waals surface area (Å²) >= 11 is 6.13. The number of carbonyl (C=O) groups excluding carboxylic acids is 3. The summed E-state index contributed by atoms with van der Waals surface area (Å²) in [7, 11) is 0. The molecule has 4 aromatic rings. The Morgan fingerprint density at radius 2 is 1.62 bits per heavy atom. The maximum atomic E-state index is 14.6. The number of nitrogens with zero attached hydrogens (tertiary/aromatic N) is 2. The van der Waals surface area contributed by atoms with Gasteiger partial charge in [-0.2, -0.15) is 0 Å². The Bertz CT molecular complexity index is 1680. The molecule has 1 aromatic heterocycles. The third-order valence-electron chi connectivity index (χ3n) is 8.17. The predicted molar refractivity (Wildman–Crippen MR) is 148 cm³/mol. The van der Waals surface area contributed by atoms with Gasteiger partial charge in [0.1, 0.15) is 17.2 Å². The van der Waals surface area contributed by atoms with Crippen LogP contribution in [0.15, 0.2) is 103 Å². The number of anilines is 1. The lowest BCUT2D eigenvalue weighted by atomic mass is 9.63. The molecule has 0 bridgehead atoms. The molecule has 0 aliphatic carbocycles. The van der Waals surface area contributed by atoms with Crippen molar-refractivity contribution in [3.05, 3.63) is 136 Å². The second-order valence-electron chi connectivity index (χ2n) is 10.0. The van der Waals surface area contributed by atoms with E-state index < -0.39 is 23.4 Å². The monoisotopic (exact) mass is 531 g/mol. The highest BCUT2D eigenvalue weighted by Gasteiger charge is 2.70. The van der Waals surface area contributed by atoms with E-state index in [2.05, 4.69) is 10.3 Å². The summed E-state index contributed by atoms with van der Waals surface area (Å²) < 4.78 is 0. The molecule has 3 aliphatic rings. The van der Waals surface area contributed by atoms with Gasteiger partial charge >= 0.3 is 0 Å². The molecular weight excluding hydrogens is 510 g/mol. The molecule has 39 heavy (non-hydrogen) atoms. The number of hydrogen-bond donors (Lipinski definition) is 1. The number of para-hydroxylation sites is 1. The minimum atomic E-state index is -1.38. The average molecular weight is 532 g/mol. The van der Waals surface area contributed by atoms with Crippen LogP contribution in [-0.2, 0) is 10.2 Å². The van der Waals surface area contributed by atoms with Crippen molar-refractivity contribution in [2.24, 2.45) is 5.92 Å². The SMILES string of the molecule is O=C(c1ccc(Cl)cc1)C1C(C(=O)c2ccccn2)C2(C(=O)Nc3ccccc32)C2c3ccccc3C=CN12. The third kappa shape index (κ3) is 3.28. The standard InChI is InChI=1S/C32H22ClN3O3/c33-21-14-12-20(13-15-21)28(37)27-26(29(38)25-11-5-6-17-34-25)32(23-9-3-4-10-24(23)35-31(32)39)30-22-8-2-1-7-19(22)16-18-36(27)30/h1-18,26-27,30H,(H,35,39). The minimum Gasteiger partial charge on any atom is -0.358 e. The summed E-state index contributed by atoms with van der Waals surface area (Å²) in [6.45, 7) is 0. The summed E-state index contributed by atoms with van der Waals surface area (Å²) in [6, 6.07) is 25.5. The summed E-state index contributed by atoms with van der Waals surface area (Å²) in [5.74, 6) is -1.97. The first-order chi connectivity index (χ1) is 19.0. The van der Waals surface area contributed by atoms with Crippen LogP contribution in [0.3, 0.4) is 0 Å². The van der Waals surface area contributed by atoms with E-state index in [1.165, 1.54) is 0 Å². The molecule has 0 saturated carbocycles. The second kappa shape index (κ2) is 8.75. The predicted octanol–water partition coefficient (Wildman–Crippen LogP) is 5.72. The van der Waals surface area contributed by atoms with Crippen LogP contribution in [0.25, 0.3) is 6.08 Å². The number of rotatable bonds is 4. The first kappa shape index (κ1) is 23.6. The topological polar surface area (TPSA) is 79.4 Å². The van der Waals surface area contributed by atoms with Crippen molar-refractivity contribution < 1.29 is 14.4 Å². The van der Waals surface area contributed by atoms with Gasteiger partial charge in [-0.05, 0) is 65.2 Å². The van der Waals surface area contributed by atoms with E-state index >= 15 is 0 Å². The van der Waals surface area contributed by atoms with Gasteiger partial charge in [-0.3, -0.25) is 19.4 Å². The van der Waals surface area contributed by atoms with Gasteiger partial charge in [0.25, 0.3) is 0 Å². The van der Waals surface area contributed by atoms with Crippen LogP contribution in [0.1, 0.15) is 43.6 Å². The number of hydrogen-bond acceptors (Lipinski definition) is 5. The van der Waals surface area contributed by atoms with Crippen LogP contribution in [0.4, 0.5) is 5.69 Å². The number of carbonyl (C=O) groups is 3. The van der Waals surface area contributed by atoms with Gasteiger partial charge in [0.2, 0.25) is 5.91 Å². The van der Waals surface area contributed by atoms with Gasteiger partial charge in [-0.15, -0.1) is 0 Å². The Morgan fingerprint density at radius 1 is 0.872 bits per heavy atom. The fourth-order valence-electron chi connectivity index (χ4n) is 6.62. The van der Waals surface area contributed by atoms with Crippen molar-refractivity contribution in [1.29, 1.82) is 0 Å². The van der Waals surface area contributed by atoms with Crippen molar-refractivity contribution in [2.75, 3.05) is 5.32 Å². The molecule has 4 atom stereocenters. The molecule has 7 heteroatoms. The van der Waals surface area contributed by atoms with Crippen molar-refractivity contribution in [3.8, 4) is 0 Å². The Kier molecular flexibility index (Phi) is 5.28. The first-order valence-electron chi connectivity index (χ1n) is 12.7. The second-order valence-corrected chi connectivity index (χ2v) is 10.5. The molecule has 1 spiro atoms. The quantitative estimate of drug-likeness (QED) is 0.341. The molecule has 1 amide bonds. The Hall–Kier alpha value is -4.55. The van der Waals surface area contributed by atoms with E-state index in [0.717, 1.165) is 11.1 Å². The van der Waals surface area contributed by atoms with Crippen molar-refractivity contribution in [1.82, 2.24) is 9.88 Å². The largest absolute Gasteiger partial charge is 0.358 e.